The van der Waals surface area contributed by atoms with E-state index in [4.69, 9.17) is 4.74 Å². The molecular weight excluding hydrogens is 402 g/mol. The molecule has 2 atom stereocenters. The molecule has 2 aliphatic rings. The number of hydrogen-bond donors (Lipinski definition) is 0. The van der Waals surface area contributed by atoms with Crippen LogP contribution < -0.4 is 0 Å². The van der Waals surface area contributed by atoms with Crippen molar-refractivity contribution >= 4 is 0 Å². The normalized spacial score (nSPS) is 23.4. The van der Waals surface area contributed by atoms with Gasteiger partial charge in [-0.1, -0.05) is 0 Å². The van der Waals surface area contributed by atoms with Crippen molar-refractivity contribution in [1.82, 2.24) is 24.6 Å². The highest BCUT2D eigenvalue weighted by Crippen LogP contribution is 2.38. The summed E-state index contributed by atoms with van der Waals surface area (Å²) in [6, 6.07) is 1.18. The number of nitrogens with zero attached hydrogens (tertiary/aromatic N) is 5. The Kier molecular flexibility index (Phi) is 5.80. The van der Waals surface area contributed by atoms with Gasteiger partial charge in [0.2, 0.25) is 5.95 Å². The number of pyridine rings is 1. The first-order chi connectivity index (χ1) is 14.2. The van der Waals surface area contributed by atoms with Crippen molar-refractivity contribution in [2.45, 2.75) is 57.3 Å². The second kappa shape index (κ2) is 8.22. The topological polar surface area (TPSA) is 56.1 Å². The fraction of sp³-hybridized carbons (Fsp3) is 0.650. The van der Waals surface area contributed by atoms with Gasteiger partial charge in [0, 0.05) is 42.9 Å². The molecule has 1 saturated carbocycles. The number of halogens is 4. The van der Waals surface area contributed by atoms with Crippen LogP contribution in [0.25, 0.3) is 11.4 Å². The van der Waals surface area contributed by atoms with Crippen molar-refractivity contribution in [1.29, 1.82) is 0 Å². The van der Waals surface area contributed by atoms with E-state index in [-0.39, 0.29) is 23.3 Å². The number of morpholine rings is 1. The molecule has 3 heterocycles. The van der Waals surface area contributed by atoms with E-state index in [2.05, 4.69) is 20.0 Å². The van der Waals surface area contributed by atoms with Gasteiger partial charge in [0.15, 0.2) is 5.82 Å². The molecule has 6 nitrogen and oxygen atoms in total. The first-order valence-electron chi connectivity index (χ1n) is 10.3. The van der Waals surface area contributed by atoms with Crippen LogP contribution in [0, 0.1) is 5.95 Å². The summed E-state index contributed by atoms with van der Waals surface area (Å²) < 4.78 is 60.0. The molecule has 10 heteroatoms. The molecule has 0 amide bonds. The lowest BCUT2D eigenvalue weighted by molar-refractivity contribution is -0.140. The Balaban J connectivity index is 1.62. The molecule has 2 aromatic heterocycles. The third kappa shape index (κ3) is 4.20. The summed E-state index contributed by atoms with van der Waals surface area (Å²) in [6.45, 7) is 7.24. The highest BCUT2D eigenvalue weighted by atomic mass is 19.4. The Morgan fingerprint density at radius 1 is 1.17 bits per heavy atom. The summed E-state index contributed by atoms with van der Waals surface area (Å²) in [7, 11) is 0. The summed E-state index contributed by atoms with van der Waals surface area (Å²) in [4.78, 5) is 10.3. The molecule has 0 N–H and O–H groups in total. The molecule has 164 valence electrons. The van der Waals surface area contributed by atoms with E-state index in [0.29, 0.717) is 6.04 Å². The van der Waals surface area contributed by atoms with Crippen LogP contribution >= 0.6 is 0 Å². The lowest BCUT2D eigenvalue weighted by Crippen LogP contribution is -2.42. The minimum atomic E-state index is -4.83. The minimum Gasteiger partial charge on any atom is -0.379 e. The van der Waals surface area contributed by atoms with E-state index in [1.165, 1.54) is 0 Å². The Morgan fingerprint density at radius 2 is 1.90 bits per heavy atom. The van der Waals surface area contributed by atoms with Crippen LogP contribution in [0.2, 0.25) is 0 Å². The smallest absolute Gasteiger partial charge is 0.379 e. The average Bonchev–Trinajstić information content (AvgIpc) is 3.35. The fourth-order valence-corrected chi connectivity index (χ4v) is 4.35. The van der Waals surface area contributed by atoms with Crippen molar-refractivity contribution < 1.29 is 22.3 Å². The molecule has 4 rings (SSSR count). The van der Waals surface area contributed by atoms with E-state index in [1.807, 2.05) is 13.8 Å². The van der Waals surface area contributed by atoms with Gasteiger partial charge in [-0.05, 0) is 39.2 Å². The lowest BCUT2D eigenvalue weighted by atomic mass is 10.1. The maximum absolute atomic E-state index is 13.6. The van der Waals surface area contributed by atoms with Gasteiger partial charge in [0.25, 0.3) is 0 Å². The molecule has 1 aliphatic carbocycles. The third-order valence-corrected chi connectivity index (χ3v) is 5.88. The van der Waals surface area contributed by atoms with Crippen LogP contribution in [0.15, 0.2) is 12.3 Å². The van der Waals surface area contributed by atoms with Crippen molar-refractivity contribution in [3.05, 3.63) is 29.6 Å². The van der Waals surface area contributed by atoms with Crippen LogP contribution in [0.1, 0.15) is 56.5 Å². The van der Waals surface area contributed by atoms with Gasteiger partial charge in [0.05, 0.1) is 13.2 Å². The second-order valence-electron chi connectivity index (χ2n) is 8.20. The van der Waals surface area contributed by atoms with Gasteiger partial charge in [-0.2, -0.15) is 22.7 Å². The van der Waals surface area contributed by atoms with E-state index >= 15 is 0 Å². The maximum Gasteiger partial charge on any atom is 0.420 e. The highest BCUT2D eigenvalue weighted by Gasteiger charge is 2.37. The number of hydrogen-bond acceptors (Lipinski definition) is 5. The summed E-state index contributed by atoms with van der Waals surface area (Å²) in [5.74, 6) is -0.448. The Labute approximate surface area is 172 Å². The average molecular weight is 427 g/mol. The molecule has 0 spiro atoms. The Hall–Kier alpha value is -2.07. The summed E-state index contributed by atoms with van der Waals surface area (Å²) >= 11 is 0. The van der Waals surface area contributed by atoms with E-state index in [9.17, 15) is 17.6 Å². The molecule has 0 bridgehead atoms. The SMILES string of the molecule is CC(C)n1nc(-c2cnc(F)c(C(F)(F)F)c2)nc1[C@H]1CC[C@H](N2CCOCC2)C1. The standard InChI is InChI=1S/C20H25F4N5O/c1-12(2)29-19(13-3-4-15(9-13)28-5-7-30-8-6-28)26-18(27-29)14-10-16(20(22,23)24)17(21)25-11-14/h10-13,15H,3-9H2,1-2H3/t13-,15-/m0/s1. The molecule has 1 saturated heterocycles. The fourth-order valence-electron chi connectivity index (χ4n) is 4.35. The predicted molar refractivity (Wildman–Crippen MR) is 101 cm³/mol. The lowest BCUT2D eigenvalue weighted by Gasteiger charge is -2.32. The predicted octanol–water partition coefficient (Wildman–Crippen LogP) is 4.05. The number of aromatic nitrogens is 4. The van der Waals surface area contributed by atoms with Crippen LogP contribution in [-0.2, 0) is 10.9 Å². The van der Waals surface area contributed by atoms with E-state index in [1.54, 1.807) is 4.68 Å². The van der Waals surface area contributed by atoms with E-state index in [0.717, 1.165) is 63.7 Å². The van der Waals surface area contributed by atoms with Crippen molar-refractivity contribution in [3.8, 4) is 11.4 Å². The van der Waals surface area contributed by atoms with Crippen LogP contribution in [-0.4, -0.2) is 57.0 Å². The summed E-state index contributed by atoms with van der Waals surface area (Å²) in [5, 5.41) is 4.46. The maximum atomic E-state index is 13.6. The van der Waals surface area contributed by atoms with Crippen LogP contribution in [0.3, 0.4) is 0 Å². The van der Waals surface area contributed by atoms with Crippen LogP contribution in [0.4, 0.5) is 17.6 Å². The zero-order valence-electron chi connectivity index (χ0n) is 17.0. The third-order valence-electron chi connectivity index (χ3n) is 5.88. The van der Waals surface area contributed by atoms with Crippen molar-refractivity contribution in [3.63, 3.8) is 0 Å². The van der Waals surface area contributed by atoms with Gasteiger partial charge in [0.1, 0.15) is 11.4 Å². The van der Waals surface area contributed by atoms with Gasteiger partial charge in [-0.15, -0.1) is 0 Å². The monoisotopic (exact) mass is 427 g/mol. The van der Waals surface area contributed by atoms with Crippen molar-refractivity contribution in [2.24, 2.45) is 0 Å². The molecular formula is C20H25F4N5O. The second-order valence-corrected chi connectivity index (χ2v) is 8.20. The van der Waals surface area contributed by atoms with Gasteiger partial charge in [-0.25, -0.2) is 14.6 Å². The highest BCUT2D eigenvalue weighted by molar-refractivity contribution is 5.54. The largest absolute Gasteiger partial charge is 0.420 e. The molecule has 2 aromatic rings. The van der Waals surface area contributed by atoms with Gasteiger partial charge >= 0.3 is 6.18 Å². The number of rotatable bonds is 4. The zero-order valence-corrected chi connectivity index (χ0v) is 17.0. The minimum absolute atomic E-state index is 0.000759. The Bertz CT molecular complexity index is 892. The molecule has 0 aromatic carbocycles. The summed E-state index contributed by atoms with van der Waals surface area (Å²) in [5.41, 5.74) is -1.34. The quantitative estimate of drug-likeness (QED) is 0.544. The number of alkyl halides is 3. The summed E-state index contributed by atoms with van der Waals surface area (Å²) in [6.07, 6.45) is -0.850. The molecule has 0 unspecified atom stereocenters. The van der Waals surface area contributed by atoms with E-state index < -0.39 is 17.7 Å². The Morgan fingerprint density at radius 3 is 2.57 bits per heavy atom. The molecule has 0 radical (unpaired) electrons. The van der Waals surface area contributed by atoms with Crippen molar-refractivity contribution in [2.75, 3.05) is 26.3 Å². The molecule has 1 aliphatic heterocycles. The first kappa shape index (κ1) is 21.2. The zero-order chi connectivity index (χ0) is 21.5. The van der Waals surface area contributed by atoms with Gasteiger partial charge < -0.3 is 4.74 Å². The molecule has 30 heavy (non-hydrogen) atoms. The molecule has 2 fully saturated rings. The number of ether oxygens (including phenoxy) is 1. The first-order valence-corrected chi connectivity index (χ1v) is 10.3. The van der Waals surface area contributed by atoms with Crippen LogP contribution in [0.5, 0.6) is 0 Å². The van der Waals surface area contributed by atoms with Gasteiger partial charge in [-0.3, -0.25) is 4.90 Å².